The van der Waals surface area contributed by atoms with E-state index in [4.69, 9.17) is 9.31 Å². The van der Waals surface area contributed by atoms with Crippen molar-refractivity contribution in [2.24, 2.45) is 0 Å². The van der Waals surface area contributed by atoms with Gasteiger partial charge in [0.1, 0.15) is 6.54 Å². The fraction of sp³-hybridized carbons (Fsp3) is 0.474. The van der Waals surface area contributed by atoms with Crippen LogP contribution >= 0.6 is 0 Å². The number of carbonyl (C=O) groups is 1. The second kappa shape index (κ2) is 6.56. The number of aromatic nitrogens is 2. The summed E-state index contributed by atoms with van der Waals surface area (Å²) < 4.78 is 13.8. The summed E-state index contributed by atoms with van der Waals surface area (Å²) in [4.78, 5) is 13.3. The number of nitrogens with zero attached hydrogens (tertiary/aromatic N) is 3. The Morgan fingerprint density at radius 2 is 1.65 bits per heavy atom. The van der Waals surface area contributed by atoms with Gasteiger partial charge in [-0.3, -0.25) is 9.48 Å². The van der Waals surface area contributed by atoms with E-state index in [0.29, 0.717) is 0 Å². The molecule has 1 aromatic carbocycles. The molecule has 7 heteroatoms. The van der Waals surface area contributed by atoms with Crippen LogP contribution in [-0.2, 0) is 20.6 Å². The molecule has 2 heterocycles. The lowest BCUT2D eigenvalue weighted by Crippen LogP contribution is -2.41. The van der Waals surface area contributed by atoms with Crippen molar-refractivity contribution in [2.75, 3.05) is 14.1 Å². The van der Waals surface area contributed by atoms with E-state index in [-0.39, 0.29) is 30.8 Å². The average molecular weight is 355 g/mol. The van der Waals surface area contributed by atoms with E-state index in [1.807, 2.05) is 58.2 Å². The van der Waals surface area contributed by atoms with Crippen molar-refractivity contribution in [3.63, 3.8) is 0 Å². The minimum Gasteiger partial charge on any atom is -0.399 e. The molecule has 2 aromatic rings. The van der Waals surface area contributed by atoms with Crippen molar-refractivity contribution in [1.82, 2.24) is 14.7 Å². The summed E-state index contributed by atoms with van der Waals surface area (Å²) in [6.45, 7) is 8.42. The van der Waals surface area contributed by atoms with Gasteiger partial charge >= 0.3 is 7.12 Å². The third-order valence-corrected chi connectivity index (χ3v) is 5.20. The third-order valence-electron chi connectivity index (χ3n) is 5.20. The van der Waals surface area contributed by atoms with E-state index in [1.165, 1.54) is 0 Å². The molecule has 1 amide bonds. The molecule has 1 aliphatic heterocycles. The molecular weight excluding hydrogens is 329 g/mol. The molecule has 0 aliphatic carbocycles. The molecule has 0 saturated carbocycles. The van der Waals surface area contributed by atoms with E-state index in [1.54, 1.807) is 29.9 Å². The van der Waals surface area contributed by atoms with Crippen LogP contribution in [0.2, 0.25) is 0 Å². The molecule has 0 unspecified atom stereocenters. The smallest absolute Gasteiger partial charge is 0.399 e. The first-order chi connectivity index (χ1) is 12.1. The van der Waals surface area contributed by atoms with Crippen molar-refractivity contribution in [1.29, 1.82) is 0 Å². The summed E-state index contributed by atoms with van der Waals surface area (Å²) in [6, 6.07) is 8.07. The van der Waals surface area contributed by atoms with Crippen LogP contribution < -0.4 is 5.46 Å². The lowest BCUT2D eigenvalue weighted by molar-refractivity contribution is -0.129. The van der Waals surface area contributed by atoms with Gasteiger partial charge in [0, 0.05) is 25.9 Å². The third kappa shape index (κ3) is 3.55. The van der Waals surface area contributed by atoms with Gasteiger partial charge in [0.2, 0.25) is 5.91 Å². The summed E-state index contributed by atoms with van der Waals surface area (Å²) in [7, 11) is 3.11. The molecule has 1 fully saturated rings. The lowest BCUT2D eigenvalue weighted by atomic mass is 9.78. The number of carbonyl (C=O) groups excluding carboxylic acids is 1. The minimum atomic E-state index is -0.366. The van der Waals surface area contributed by atoms with Crippen LogP contribution in [0.3, 0.4) is 0 Å². The van der Waals surface area contributed by atoms with Gasteiger partial charge in [-0.2, -0.15) is 5.10 Å². The Hall–Kier alpha value is -2.12. The second-order valence-electron chi connectivity index (χ2n) is 7.93. The van der Waals surface area contributed by atoms with Crippen molar-refractivity contribution in [2.45, 2.75) is 45.4 Å². The van der Waals surface area contributed by atoms with Crippen LogP contribution in [0.25, 0.3) is 11.1 Å². The summed E-state index contributed by atoms with van der Waals surface area (Å²) in [6.07, 6.45) is 3.65. The van der Waals surface area contributed by atoms with Crippen molar-refractivity contribution in [3.8, 4) is 11.1 Å². The average Bonchev–Trinajstić information content (AvgIpc) is 3.10. The lowest BCUT2D eigenvalue weighted by Gasteiger charge is -2.32. The second-order valence-corrected chi connectivity index (χ2v) is 7.93. The molecule has 138 valence electrons. The zero-order valence-electron chi connectivity index (χ0n) is 16.3. The molecule has 1 saturated heterocycles. The van der Waals surface area contributed by atoms with E-state index in [2.05, 4.69) is 5.10 Å². The van der Waals surface area contributed by atoms with Crippen LogP contribution in [0.15, 0.2) is 36.7 Å². The maximum absolute atomic E-state index is 11.8. The van der Waals surface area contributed by atoms with E-state index in [0.717, 1.165) is 16.6 Å². The Bertz CT molecular complexity index is 781. The fourth-order valence-electron chi connectivity index (χ4n) is 2.69. The fourth-order valence-corrected chi connectivity index (χ4v) is 2.69. The number of hydrogen-bond acceptors (Lipinski definition) is 4. The number of amides is 1. The first kappa shape index (κ1) is 18.7. The molecule has 0 radical (unpaired) electrons. The number of rotatable bonds is 4. The Labute approximate surface area is 155 Å². The van der Waals surface area contributed by atoms with Crippen LogP contribution in [0.5, 0.6) is 0 Å². The SMILES string of the molecule is CN(C)C(=O)Cn1cc(-c2ccc(B3OC(C)(C)C(C)(C)O3)cc2)cn1. The normalized spacial score (nSPS) is 18.2. The maximum atomic E-state index is 11.8. The topological polar surface area (TPSA) is 56.6 Å². The van der Waals surface area contributed by atoms with E-state index >= 15 is 0 Å². The van der Waals surface area contributed by atoms with Gasteiger partial charge in [0.05, 0.1) is 17.4 Å². The molecule has 0 spiro atoms. The van der Waals surface area contributed by atoms with E-state index < -0.39 is 0 Å². The summed E-state index contributed by atoms with van der Waals surface area (Å²) in [5.41, 5.74) is 2.29. The number of hydrogen-bond donors (Lipinski definition) is 0. The highest BCUT2D eigenvalue weighted by atomic mass is 16.7. The number of likely N-dealkylation sites (N-methyl/N-ethyl adjacent to an activating group) is 1. The van der Waals surface area contributed by atoms with Gasteiger partial charge in [-0.1, -0.05) is 24.3 Å². The van der Waals surface area contributed by atoms with E-state index in [9.17, 15) is 4.79 Å². The largest absolute Gasteiger partial charge is 0.494 e. The highest BCUT2D eigenvalue weighted by Crippen LogP contribution is 2.36. The molecule has 6 nitrogen and oxygen atoms in total. The van der Waals surface area contributed by atoms with Gasteiger partial charge in [-0.05, 0) is 38.7 Å². The molecule has 3 rings (SSSR count). The first-order valence-electron chi connectivity index (χ1n) is 8.78. The highest BCUT2D eigenvalue weighted by molar-refractivity contribution is 6.62. The van der Waals surface area contributed by atoms with Gasteiger partial charge < -0.3 is 14.2 Å². The minimum absolute atomic E-state index is 0.00996. The van der Waals surface area contributed by atoms with Gasteiger partial charge in [-0.25, -0.2) is 0 Å². The molecule has 26 heavy (non-hydrogen) atoms. The summed E-state index contributed by atoms with van der Waals surface area (Å²) >= 11 is 0. The van der Waals surface area contributed by atoms with Crippen LogP contribution in [0.4, 0.5) is 0 Å². The zero-order valence-corrected chi connectivity index (χ0v) is 16.3. The van der Waals surface area contributed by atoms with Gasteiger partial charge in [-0.15, -0.1) is 0 Å². The summed E-state index contributed by atoms with van der Waals surface area (Å²) in [5, 5.41) is 4.27. The predicted octanol–water partition coefficient (Wildman–Crippen LogP) is 1.94. The maximum Gasteiger partial charge on any atom is 0.494 e. The van der Waals surface area contributed by atoms with Gasteiger partial charge in [0.25, 0.3) is 0 Å². The van der Waals surface area contributed by atoms with Crippen molar-refractivity contribution < 1.29 is 14.1 Å². The van der Waals surface area contributed by atoms with Crippen LogP contribution in [-0.4, -0.2) is 53.0 Å². The van der Waals surface area contributed by atoms with Crippen molar-refractivity contribution in [3.05, 3.63) is 36.7 Å². The molecule has 0 N–H and O–H groups in total. The summed E-state index contributed by atoms with van der Waals surface area (Å²) in [5.74, 6) is 0.00996. The van der Waals surface area contributed by atoms with Crippen molar-refractivity contribution >= 4 is 18.5 Å². The predicted molar refractivity (Wildman–Crippen MR) is 102 cm³/mol. The van der Waals surface area contributed by atoms with Gasteiger partial charge in [0.15, 0.2) is 0 Å². The Morgan fingerprint density at radius 1 is 1.08 bits per heavy atom. The Kier molecular flexibility index (Phi) is 4.71. The standard InChI is InChI=1S/C19H26BN3O3/c1-18(2)19(3,4)26-20(25-18)16-9-7-14(8-10-16)15-11-21-23(12-15)13-17(24)22(5)6/h7-12H,13H2,1-6H3. The first-order valence-corrected chi connectivity index (χ1v) is 8.78. The zero-order chi connectivity index (χ0) is 19.1. The van der Waals surface area contributed by atoms with Crippen LogP contribution in [0.1, 0.15) is 27.7 Å². The molecule has 1 aromatic heterocycles. The molecule has 0 bridgehead atoms. The van der Waals surface area contributed by atoms with Crippen LogP contribution in [0, 0.1) is 0 Å². The highest BCUT2D eigenvalue weighted by Gasteiger charge is 2.51. The molecule has 1 aliphatic rings. The Balaban J connectivity index is 1.73. The Morgan fingerprint density at radius 3 is 2.19 bits per heavy atom. The quantitative estimate of drug-likeness (QED) is 0.787. The number of benzene rings is 1. The monoisotopic (exact) mass is 355 g/mol. The molecular formula is C19H26BN3O3. The molecule has 0 atom stereocenters.